The highest BCUT2D eigenvalue weighted by molar-refractivity contribution is 5.84. The number of aliphatic hydroxyl groups is 1. The fourth-order valence-corrected chi connectivity index (χ4v) is 2.47. The number of rotatable bonds is 4. The zero-order valence-corrected chi connectivity index (χ0v) is 10.9. The first kappa shape index (κ1) is 12.8. The minimum atomic E-state index is -0.766. The third-order valence-corrected chi connectivity index (χ3v) is 3.94. The van der Waals surface area contributed by atoms with Crippen LogP contribution in [0.1, 0.15) is 35.6 Å². The summed E-state index contributed by atoms with van der Waals surface area (Å²) in [7, 11) is 0. The van der Waals surface area contributed by atoms with Gasteiger partial charge >= 0.3 is 5.97 Å². The molecule has 2 N–H and O–H groups in total. The molecule has 1 heterocycles. The van der Waals surface area contributed by atoms with Crippen molar-refractivity contribution >= 4 is 5.97 Å². The predicted molar refractivity (Wildman–Crippen MR) is 73.3 cm³/mol. The van der Waals surface area contributed by atoms with E-state index < -0.39 is 17.5 Å². The molecule has 1 unspecified atom stereocenters. The molecule has 1 aromatic heterocycles. The molecule has 2 aromatic rings. The van der Waals surface area contributed by atoms with Crippen LogP contribution in [0.4, 0.5) is 0 Å². The number of benzene rings is 1. The summed E-state index contributed by atoms with van der Waals surface area (Å²) in [5.74, 6) is -0.766. The van der Waals surface area contributed by atoms with Gasteiger partial charge in [-0.1, -0.05) is 30.3 Å². The maximum absolute atomic E-state index is 11.3. The molecule has 0 aliphatic heterocycles. The third kappa shape index (κ3) is 2.08. The molecule has 1 saturated carbocycles. The Morgan fingerprint density at radius 3 is 2.35 bits per heavy atom. The van der Waals surface area contributed by atoms with Gasteiger partial charge in [-0.05, 0) is 30.0 Å². The summed E-state index contributed by atoms with van der Waals surface area (Å²) in [5.41, 5.74) is 1.58. The van der Waals surface area contributed by atoms with Gasteiger partial charge in [0.15, 0.2) is 0 Å². The van der Waals surface area contributed by atoms with Crippen molar-refractivity contribution in [2.75, 3.05) is 0 Å². The van der Waals surface area contributed by atoms with Crippen LogP contribution in [0.25, 0.3) is 0 Å². The van der Waals surface area contributed by atoms with Crippen LogP contribution in [0.3, 0.4) is 0 Å². The molecule has 20 heavy (non-hydrogen) atoms. The normalized spacial score (nSPS) is 17.4. The van der Waals surface area contributed by atoms with Gasteiger partial charge in [0.2, 0.25) is 0 Å². The predicted octanol–water partition coefficient (Wildman–Crippen LogP) is 2.28. The number of carboxylic acid groups (broad SMARTS) is 1. The van der Waals surface area contributed by atoms with Crippen LogP contribution in [0, 0.1) is 0 Å². The molecule has 1 aliphatic carbocycles. The van der Waals surface area contributed by atoms with Crippen molar-refractivity contribution in [2.45, 2.75) is 24.4 Å². The van der Waals surface area contributed by atoms with Crippen molar-refractivity contribution in [3.8, 4) is 0 Å². The van der Waals surface area contributed by atoms with Gasteiger partial charge in [0.25, 0.3) is 0 Å². The molecule has 0 amide bonds. The lowest BCUT2D eigenvalue weighted by Gasteiger charge is -2.14. The Kier molecular flexibility index (Phi) is 3.03. The van der Waals surface area contributed by atoms with Crippen LogP contribution < -0.4 is 0 Å². The van der Waals surface area contributed by atoms with Gasteiger partial charge in [-0.2, -0.15) is 0 Å². The van der Waals surface area contributed by atoms with E-state index in [1.54, 1.807) is 42.7 Å². The highest BCUT2D eigenvalue weighted by atomic mass is 16.4. The molecule has 1 aromatic carbocycles. The second-order valence-electron chi connectivity index (χ2n) is 5.20. The fraction of sp³-hybridized carbons (Fsp3) is 0.250. The number of aliphatic hydroxyl groups excluding tert-OH is 1. The van der Waals surface area contributed by atoms with E-state index in [1.165, 1.54) is 0 Å². The summed E-state index contributed by atoms with van der Waals surface area (Å²) >= 11 is 0. The standard InChI is InChI=1S/C16H15NO3/c18-14(12-2-1-9-17-10-12)11-3-5-13(6-4-11)16(7-8-16)15(19)20/h1-6,9-10,14,18H,7-8H2,(H,19,20). The van der Waals surface area contributed by atoms with Crippen LogP contribution in [0.5, 0.6) is 0 Å². The van der Waals surface area contributed by atoms with E-state index in [1.807, 2.05) is 6.07 Å². The lowest BCUT2D eigenvalue weighted by molar-refractivity contribution is -0.140. The summed E-state index contributed by atoms with van der Waals surface area (Å²) in [4.78, 5) is 15.3. The van der Waals surface area contributed by atoms with E-state index in [0.717, 1.165) is 16.7 Å². The largest absolute Gasteiger partial charge is 0.481 e. The number of nitrogens with zero attached hydrogens (tertiary/aromatic N) is 1. The molecule has 0 spiro atoms. The van der Waals surface area contributed by atoms with E-state index >= 15 is 0 Å². The molecule has 1 aliphatic rings. The van der Waals surface area contributed by atoms with E-state index in [9.17, 15) is 15.0 Å². The SMILES string of the molecule is O=C(O)C1(c2ccc(C(O)c3cccnc3)cc2)CC1. The topological polar surface area (TPSA) is 70.4 Å². The van der Waals surface area contributed by atoms with E-state index in [4.69, 9.17) is 0 Å². The number of pyridine rings is 1. The van der Waals surface area contributed by atoms with Crippen LogP contribution in [0.2, 0.25) is 0 Å². The molecule has 4 nitrogen and oxygen atoms in total. The van der Waals surface area contributed by atoms with Crippen LogP contribution in [-0.4, -0.2) is 21.2 Å². The van der Waals surface area contributed by atoms with E-state index in [-0.39, 0.29) is 0 Å². The van der Waals surface area contributed by atoms with Crippen LogP contribution >= 0.6 is 0 Å². The summed E-state index contributed by atoms with van der Waals surface area (Å²) in [6.07, 6.45) is 3.92. The monoisotopic (exact) mass is 269 g/mol. The summed E-state index contributed by atoms with van der Waals surface area (Å²) in [6, 6.07) is 10.8. The number of hydrogen-bond donors (Lipinski definition) is 2. The zero-order chi connectivity index (χ0) is 14.2. The average Bonchev–Trinajstić information content (AvgIpc) is 3.29. The summed E-state index contributed by atoms with van der Waals surface area (Å²) < 4.78 is 0. The van der Waals surface area contributed by atoms with Gasteiger partial charge in [-0.15, -0.1) is 0 Å². The third-order valence-electron chi connectivity index (χ3n) is 3.94. The number of hydrogen-bond acceptors (Lipinski definition) is 3. The molecular weight excluding hydrogens is 254 g/mol. The number of carboxylic acids is 1. The maximum atomic E-state index is 11.3. The van der Waals surface area contributed by atoms with Crippen LogP contribution in [-0.2, 0) is 10.2 Å². The summed E-state index contributed by atoms with van der Waals surface area (Å²) in [5, 5.41) is 19.5. The summed E-state index contributed by atoms with van der Waals surface area (Å²) in [6.45, 7) is 0. The quantitative estimate of drug-likeness (QED) is 0.893. The van der Waals surface area contributed by atoms with Crippen molar-refractivity contribution in [1.29, 1.82) is 0 Å². The van der Waals surface area contributed by atoms with E-state index in [0.29, 0.717) is 12.8 Å². The number of aromatic nitrogens is 1. The van der Waals surface area contributed by atoms with Crippen LogP contribution in [0.15, 0.2) is 48.8 Å². The molecule has 0 bridgehead atoms. The second-order valence-corrected chi connectivity index (χ2v) is 5.20. The smallest absolute Gasteiger partial charge is 0.314 e. The second kappa shape index (κ2) is 4.72. The van der Waals surface area contributed by atoms with Gasteiger partial charge in [0, 0.05) is 18.0 Å². The Morgan fingerprint density at radius 2 is 1.85 bits per heavy atom. The molecule has 3 rings (SSSR count). The Bertz CT molecular complexity index is 618. The van der Waals surface area contributed by atoms with Gasteiger partial charge in [0.05, 0.1) is 5.41 Å². The molecule has 0 radical (unpaired) electrons. The van der Waals surface area contributed by atoms with Crippen molar-refractivity contribution in [1.82, 2.24) is 4.98 Å². The average molecular weight is 269 g/mol. The lowest BCUT2D eigenvalue weighted by atomic mass is 9.93. The van der Waals surface area contributed by atoms with Crippen molar-refractivity contribution in [3.05, 3.63) is 65.5 Å². The van der Waals surface area contributed by atoms with Gasteiger partial charge < -0.3 is 10.2 Å². The Hall–Kier alpha value is -2.20. The minimum absolute atomic E-state index is 0.687. The minimum Gasteiger partial charge on any atom is -0.481 e. The molecular formula is C16H15NO3. The Morgan fingerprint density at radius 1 is 1.15 bits per heavy atom. The lowest BCUT2D eigenvalue weighted by Crippen LogP contribution is -2.19. The van der Waals surface area contributed by atoms with Gasteiger partial charge in [0.1, 0.15) is 6.10 Å². The molecule has 0 saturated heterocycles. The highest BCUT2D eigenvalue weighted by Crippen LogP contribution is 2.48. The number of carbonyl (C=O) groups is 1. The maximum Gasteiger partial charge on any atom is 0.314 e. The van der Waals surface area contributed by atoms with E-state index in [2.05, 4.69) is 4.98 Å². The Balaban J connectivity index is 1.85. The van der Waals surface area contributed by atoms with Gasteiger partial charge in [-0.25, -0.2) is 0 Å². The Labute approximate surface area is 116 Å². The first-order valence-corrected chi connectivity index (χ1v) is 6.55. The molecule has 102 valence electrons. The number of aliphatic carboxylic acids is 1. The van der Waals surface area contributed by atoms with Gasteiger partial charge in [-0.3, -0.25) is 9.78 Å². The molecule has 1 atom stereocenters. The fourth-order valence-electron chi connectivity index (χ4n) is 2.47. The first-order valence-electron chi connectivity index (χ1n) is 6.55. The van der Waals surface area contributed by atoms with Crippen molar-refractivity contribution in [3.63, 3.8) is 0 Å². The molecule has 1 fully saturated rings. The first-order chi connectivity index (χ1) is 9.63. The highest BCUT2D eigenvalue weighted by Gasteiger charge is 2.51. The van der Waals surface area contributed by atoms with Crippen molar-refractivity contribution < 1.29 is 15.0 Å². The van der Waals surface area contributed by atoms with Crippen molar-refractivity contribution in [2.24, 2.45) is 0 Å². The zero-order valence-electron chi connectivity index (χ0n) is 10.9. The molecule has 4 heteroatoms.